The highest BCUT2D eigenvalue weighted by atomic mass is 16.5. The van der Waals surface area contributed by atoms with E-state index in [1.54, 1.807) is 7.11 Å². The molecule has 1 amide bonds. The average molecular weight is 338 g/mol. The molecule has 0 unspecified atom stereocenters. The molecule has 25 heavy (non-hydrogen) atoms. The number of para-hydroxylation sites is 1. The molecule has 0 spiro atoms. The molecule has 4 heteroatoms. The summed E-state index contributed by atoms with van der Waals surface area (Å²) in [5, 5.41) is 1.27. The molecule has 2 heterocycles. The number of carbonyl (C=O) groups excluding carboxylic acids is 1. The largest absolute Gasteiger partial charge is 0.383 e. The maximum absolute atomic E-state index is 13.1. The molecule has 0 saturated heterocycles. The van der Waals surface area contributed by atoms with E-state index in [4.69, 9.17) is 4.74 Å². The van der Waals surface area contributed by atoms with Crippen LogP contribution in [0, 0.1) is 6.92 Å². The fraction of sp³-hybridized carbons (Fsp3) is 0.476. The Labute approximate surface area is 149 Å². The minimum absolute atomic E-state index is 0.0732. The number of benzene rings is 1. The van der Waals surface area contributed by atoms with E-state index >= 15 is 0 Å². The molecule has 1 aliphatic carbocycles. The highest BCUT2D eigenvalue weighted by molar-refractivity contribution is 5.99. The second-order valence-corrected chi connectivity index (χ2v) is 7.18. The van der Waals surface area contributed by atoms with Gasteiger partial charge in [-0.05, 0) is 44.2 Å². The molecule has 0 radical (unpaired) electrons. The first kappa shape index (κ1) is 16.4. The van der Waals surface area contributed by atoms with Crippen molar-refractivity contribution >= 4 is 16.8 Å². The standard InChI is InChI=1S/C21H26N2O2/c1-14-19(17-10-6-7-11-18(17)22(14)2)20-15-8-4-5-9-16(15)21(24)23(20)12-13-25-3/h6-7,10-11,20H,4-5,8-9,12-13H2,1-3H3/t20-/m1/s1. The Kier molecular flexibility index (Phi) is 4.16. The number of hydrogen-bond acceptors (Lipinski definition) is 2. The number of amides is 1. The van der Waals surface area contributed by atoms with Crippen molar-refractivity contribution < 1.29 is 9.53 Å². The van der Waals surface area contributed by atoms with Crippen LogP contribution in [0.4, 0.5) is 0 Å². The van der Waals surface area contributed by atoms with Gasteiger partial charge in [-0.25, -0.2) is 0 Å². The lowest BCUT2D eigenvalue weighted by Crippen LogP contribution is -2.33. The van der Waals surface area contributed by atoms with E-state index in [0.717, 1.165) is 24.8 Å². The van der Waals surface area contributed by atoms with Crippen LogP contribution in [0.1, 0.15) is 43.0 Å². The molecule has 0 saturated carbocycles. The van der Waals surface area contributed by atoms with Gasteiger partial charge in [0.25, 0.3) is 5.91 Å². The molecule has 132 valence electrons. The summed E-state index contributed by atoms with van der Waals surface area (Å²) in [4.78, 5) is 15.1. The highest BCUT2D eigenvalue weighted by Crippen LogP contribution is 2.47. The van der Waals surface area contributed by atoms with Crippen molar-refractivity contribution in [2.45, 2.75) is 38.6 Å². The van der Waals surface area contributed by atoms with Gasteiger partial charge >= 0.3 is 0 Å². The van der Waals surface area contributed by atoms with E-state index in [-0.39, 0.29) is 11.9 Å². The fourth-order valence-corrected chi connectivity index (χ4v) is 4.60. The SMILES string of the molecule is COCCN1C(=O)C2=C(CCCC2)[C@@H]1c1c(C)n(C)c2ccccc12. The van der Waals surface area contributed by atoms with Crippen LogP contribution in [-0.2, 0) is 16.6 Å². The third-order valence-electron chi connectivity index (χ3n) is 5.93. The second-order valence-electron chi connectivity index (χ2n) is 7.18. The van der Waals surface area contributed by atoms with Crippen LogP contribution in [0.2, 0.25) is 0 Å². The van der Waals surface area contributed by atoms with Gasteiger partial charge in [-0.3, -0.25) is 4.79 Å². The summed E-state index contributed by atoms with van der Waals surface area (Å²) in [6.45, 7) is 3.40. The third-order valence-corrected chi connectivity index (χ3v) is 5.93. The lowest BCUT2D eigenvalue weighted by atomic mass is 9.87. The maximum atomic E-state index is 13.1. The summed E-state index contributed by atoms with van der Waals surface area (Å²) in [7, 11) is 3.82. The first-order chi connectivity index (χ1) is 12.1. The summed E-state index contributed by atoms with van der Waals surface area (Å²) in [5.74, 6) is 0.226. The molecule has 0 bridgehead atoms. The molecular weight excluding hydrogens is 312 g/mol. The quantitative estimate of drug-likeness (QED) is 0.848. The van der Waals surface area contributed by atoms with E-state index in [1.807, 2.05) is 4.90 Å². The van der Waals surface area contributed by atoms with E-state index < -0.39 is 0 Å². The van der Waals surface area contributed by atoms with Gasteiger partial charge in [-0.2, -0.15) is 0 Å². The molecule has 4 rings (SSSR count). The Bertz CT molecular complexity index is 862. The number of hydrogen-bond donors (Lipinski definition) is 0. The van der Waals surface area contributed by atoms with E-state index in [0.29, 0.717) is 13.2 Å². The maximum Gasteiger partial charge on any atom is 0.250 e. The van der Waals surface area contributed by atoms with Crippen LogP contribution in [-0.4, -0.2) is 35.6 Å². The minimum atomic E-state index is 0.0732. The Morgan fingerprint density at radius 1 is 1.20 bits per heavy atom. The highest BCUT2D eigenvalue weighted by Gasteiger charge is 2.42. The van der Waals surface area contributed by atoms with Crippen molar-refractivity contribution in [3.05, 3.63) is 46.7 Å². The average Bonchev–Trinajstić information content (AvgIpc) is 3.06. The molecule has 1 aliphatic heterocycles. The molecule has 2 aliphatic rings. The zero-order valence-electron chi connectivity index (χ0n) is 15.3. The zero-order chi connectivity index (χ0) is 17.6. The number of rotatable bonds is 4. The van der Waals surface area contributed by atoms with Crippen molar-refractivity contribution in [1.82, 2.24) is 9.47 Å². The molecule has 0 fully saturated rings. The summed E-state index contributed by atoms with van der Waals surface area (Å²) >= 11 is 0. The van der Waals surface area contributed by atoms with Crippen LogP contribution >= 0.6 is 0 Å². The van der Waals surface area contributed by atoms with Crippen LogP contribution in [0.25, 0.3) is 10.9 Å². The molecule has 0 N–H and O–H groups in total. The van der Waals surface area contributed by atoms with Crippen molar-refractivity contribution in [3.8, 4) is 0 Å². The Hall–Kier alpha value is -2.07. The molecule has 1 aromatic carbocycles. The topological polar surface area (TPSA) is 34.5 Å². The number of carbonyl (C=O) groups is 1. The van der Waals surface area contributed by atoms with Crippen LogP contribution in [0.15, 0.2) is 35.4 Å². The van der Waals surface area contributed by atoms with Gasteiger partial charge in [0.1, 0.15) is 0 Å². The third kappa shape index (κ3) is 2.43. The van der Waals surface area contributed by atoms with Crippen molar-refractivity contribution in [1.29, 1.82) is 0 Å². The van der Waals surface area contributed by atoms with Crippen LogP contribution < -0.4 is 0 Å². The second kappa shape index (κ2) is 6.34. The summed E-state index contributed by atoms with van der Waals surface area (Å²) in [5.41, 5.74) is 6.21. The van der Waals surface area contributed by atoms with Crippen molar-refractivity contribution in [2.24, 2.45) is 7.05 Å². The van der Waals surface area contributed by atoms with Gasteiger partial charge in [0.2, 0.25) is 0 Å². The van der Waals surface area contributed by atoms with Crippen LogP contribution in [0.5, 0.6) is 0 Å². The number of nitrogens with zero attached hydrogens (tertiary/aromatic N) is 2. The minimum Gasteiger partial charge on any atom is -0.383 e. The van der Waals surface area contributed by atoms with Gasteiger partial charge < -0.3 is 14.2 Å². The molecular formula is C21H26N2O2. The molecule has 1 atom stereocenters. The lowest BCUT2D eigenvalue weighted by Gasteiger charge is -2.28. The summed E-state index contributed by atoms with van der Waals surface area (Å²) in [6, 6.07) is 8.61. The number of aromatic nitrogens is 1. The van der Waals surface area contributed by atoms with Crippen molar-refractivity contribution in [3.63, 3.8) is 0 Å². The van der Waals surface area contributed by atoms with Gasteiger partial charge in [-0.1, -0.05) is 18.2 Å². The molecule has 1 aromatic heterocycles. The first-order valence-electron chi connectivity index (χ1n) is 9.21. The monoisotopic (exact) mass is 338 g/mol. The van der Waals surface area contributed by atoms with Gasteiger partial charge in [0.05, 0.1) is 12.6 Å². The number of fused-ring (bicyclic) bond motifs is 1. The van der Waals surface area contributed by atoms with Gasteiger partial charge in [-0.15, -0.1) is 0 Å². The molecule has 4 nitrogen and oxygen atoms in total. The van der Waals surface area contributed by atoms with Gasteiger partial charge in [0, 0.05) is 48.4 Å². The smallest absolute Gasteiger partial charge is 0.250 e. The molecule has 2 aromatic rings. The number of ether oxygens (including phenoxy) is 1. The zero-order valence-corrected chi connectivity index (χ0v) is 15.3. The fourth-order valence-electron chi connectivity index (χ4n) is 4.60. The Morgan fingerprint density at radius 3 is 2.76 bits per heavy atom. The Balaban J connectivity index is 1.90. The summed E-state index contributed by atoms with van der Waals surface area (Å²) < 4.78 is 7.55. The lowest BCUT2D eigenvalue weighted by molar-refractivity contribution is -0.127. The Morgan fingerprint density at radius 2 is 1.96 bits per heavy atom. The normalized spacial score (nSPS) is 20.7. The van der Waals surface area contributed by atoms with Gasteiger partial charge in [0.15, 0.2) is 0 Å². The van der Waals surface area contributed by atoms with E-state index in [9.17, 15) is 4.79 Å². The van der Waals surface area contributed by atoms with Crippen molar-refractivity contribution in [2.75, 3.05) is 20.3 Å². The predicted octanol–water partition coefficient (Wildman–Crippen LogP) is 3.89. The first-order valence-corrected chi connectivity index (χ1v) is 9.21. The van der Waals surface area contributed by atoms with E-state index in [1.165, 1.54) is 34.2 Å². The number of aryl methyl sites for hydroxylation is 1. The number of methoxy groups -OCH3 is 1. The summed E-state index contributed by atoms with van der Waals surface area (Å²) in [6.07, 6.45) is 4.28. The van der Waals surface area contributed by atoms with Crippen LogP contribution in [0.3, 0.4) is 0 Å². The van der Waals surface area contributed by atoms with E-state index in [2.05, 4.69) is 42.8 Å². The predicted molar refractivity (Wildman–Crippen MR) is 99.5 cm³/mol.